The average Bonchev–Trinajstić information content (AvgIpc) is 2.39. The number of pyridine rings is 2. The van der Waals surface area contributed by atoms with Gasteiger partial charge in [-0.1, -0.05) is 6.07 Å². The molecule has 2 heterocycles. The normalized spacial score (nSPS) is 10.5. The topological polar surface area (TPSA) is 47.0 Å². The molecule has 0 radical (unpaired) electrons. The second kappa shape index (κ2) is 6.18. The molecule has 0 amide bonds. The first-order valence-corrected chi connectivity index (χ1v) is 6.43. The molecule has 100 valence electrons. The van der Waals surface area contributed by atoms with Crippen molar-refractivity contribution in [2.24, 2.45) is 0 Å². The lowest BCUT2D eigenvalue weighted by molar-refractivity contribution is 0.243. The predicted octanol–water partition coefficient (Wildman–Crippen LogP) is 3.18. The van der Waals surface area contributed by atoms with Crippen LogP contribution in [0.4, 0.5) is 5.82 Å². The molecule has 0 bridgehead atoms. The number of rotatable bonds is 5. The van der Waals surface area contributed by atoms with Crippen LogP contribution >= 0.6 is 0 Å². The minimum atomic E-state index is 0.126. The third-order valence-electron chi connectivity index (χ3n) is 2.67. The lowest BCUT2D eigenvalue weighted by Gasteiger charge is -2.14. The molecule has 2 rings (SSSR count). The molecular weight excluding hydrogens is 238 g/mol. The van der Waals surface area contributed by atoms with E-state index in [4.69, 9.17) is 4.74 Å². The Morgan fingerprint density at radius 1 is 1.16 bits per heavy atom. The van der Waals surface area contributed by atoms with Crippen LogP contribution < -0.4 is 10.1 Å². The number of nitrogens with zero attached hydrogens (tertiary/aromatic N) is 2. The summed E-state index contributed by atoms with van der Waals surface area (Å²) >= 11 is 0. The molecule has 0 unspecified atom stereocenters. The Balaban J connectivity index is 2.09. The summed E-state index contributed by atoms with van der Waals surface area (Å²) in [5.74, 6) is 1.52. The third kappa shape index (κ3) is 3.68. The van der Waals surface area contributed by atoms with E-state index in [9.17, 15) is 0 Å². The Kier molecular flexibility index (Phi) is 4.34. The van der Waals surface area contributed by atoms with Gasteiger partial charge in [0.25, 0.3) is 0 Å². The van der Waals surface area contributed by atoms with Gasteiger partial charge in [-0.05, 0) is 44.5 Å². The minimum Gasteiger partial charge on any atom is -0.487 e. The Bertz CT molecular complexity index is 540. The molecular formula is C15H19N3O. The molecule has 2 aromatic heterocycles. The van der Waals surface area contributed by atoms with E-state index in [1.807, 2.05) is 45.0 Å². The second-order valence-electron chi connectivity index (χ2n) is 4.64. The van der Waals surface area contributed by atoms with Gasteiger partial charge in [0.2, 0.25) is 0 Å². The average molecular weight is 257 g/mol. The van der Waals surface area contributed by atoms with Crippen LogP contribution in [0.15, 0.2) is 36.7 Å². The number of aromatic nitrogens is 2. The summed E-state index contributed by atoms with van der Waals surface area (Å²) in [4.78, 5) is 8.67. The SMILES string of the molecule is Cc1cccnc1CNc1ncccc1OC(C)C. The van der Waals surface area contributed by atoms with Gasteiger partial charge in [-0.25, -0.2) is 4.98 Å². The van der Waals surface area contributed by atoms with Gasteiger partial charge in [0.15, 0.2) is 11.6 Å². The summed E-state index contributed by atoms with van der Waals surface area (Å²) in [7, 11) is 0. The van der Waals surface area contributed by atoms with Gasteiger partial charge >= 0.3 is 0 Å². The van der Waals surface area contributed by atoms with Crippen LogP contribution in [-0.4, -0.2) is 16.1 Å². The molecule has 0 fully saturated rings. The standard InChI is InChI=1S/C15H19N3O/c1-11(2)19-14-7-5-9-17-15(14)18-10-13-12(3)6-4-8-16-13/h4-9,11H,10H2,1-3H3,(H,17,18). The fourth-order valence-corrected chi connectivity index (χ4v) is 1.74. The van der Waals surface area contributed by atoms with Crippen LogP contribution in [0.1, 0.15) is 25.1 Å². The van der Waals surface area contributed by atoms with E-state index in [0.29, 0.717) is 6.54 Å². The maximum absolute atomic E-state index is 5.72. The van der Waals surface area contributed by atoms with E-state index in [-0.39, 0.29) is 6.10 Å². The molecule has 1 N–H and O–H groups in total. The van der Waals surface area contributed by atoms with Gasteiger partial charge in [-0.15, -0.1) is 0 Å². The summed E-state index contributed by atoms with van der Waals surface area (Å²) < 4.78 is 5.72. The zero-order valence-corrected chi connectivity index (χ0v) is 11.6. The van der Waals surface area contributed by atoms with E-state index in [2.05, 4.69) is 15.3 Å². The maximum atomic E-state index is 5.72. The van der Waals surface area contributed by atoms with Gasteiger partial charge in [-0.3, -0.25) is 4.98 Å². The van der Waals surface area contributed by atoms with E-state index in [1.54, 1.807) is 12.4 Å². The van der Waals surface area contributed by atoms with Gasteiger partial charge in [-0.2, -0.15) is 0 Å². The van der Waals surface area contributed by atoms with Crippen molar-refractivity contribution in [1.82, 2.24) is 9.97 Å². The van der Waals surface area contributed by atoms with E-state index < -0.39 is 0 Å². The van der Waals surface area contributed by atoms with Crippen molar-refractivity contribution in [3.05, 3.63) is 47.9 Å². The zero-order valence-electron chi connectivity index (χ0n) is 11.6. The molecule has 0 aliphatic rings. The maximum Gasteiger partial charge on any atom is 0.169 e. The molecule has 2 aromatic rings. The summed E-state index contributed by atoms with van der Waals surface area (Å²) in [5, 5.41) is 3.28. The molecule has 19 heavy (non-hydrogen) atoms. The molecule has 4 nitrogen and oxygen atoms in total. The highest BCUT2D eigenvalue weighted by Crippen LogP contribution is 2.22. The highest BCUT2D eigenvalue weighted by molar-refractivity contribution is 5.49. The van der Waals surface area contributed by atoms with E-state index in [1.165, 1.54) is 0 Å². The highest BCUT2D eigenvalue weighted by Gasteiger charge is 2.07. The van der Waals surface area contributed by atoms with Gasteiger partial charge < -0.3 is 10.1 Å². The van der Waals surface area contributed by atoms with Crippen molar-refractivity contribution in [3.8, 4) is 5.75 Å². The Hall–Kier alpha value is -2.10. The first kappa shape index (κ1) is 13.3. The molecule has 0 atom stereocenters. The Morgan fingerprint density at radius 3 is 2.63 bits per heavy atom. The monoisotopic (exact) mass is 257 g/mol. The summed E-state index contributed by atoms with van der Waals surface area (Å²) in [6.45, 7) is 6.69. The highest BCUT2D eigenvalue weighted by atomic mass is 16.5. The Labute approximate surface area is 113 Å². The van der Waals surface area contributed by atoms with Crippen LogP contribution in [-0.2, 0) is 6.54 Å². The van der Waals surface area contributed by atoms with Crippen molar-refractivity contribution < 1.29 is 4.74 Å². The number of hydrogen-bond donors (Lipinski definition) is 1. The molecule has 0 aromatic carbocycles. The fraction of sp³-hybridized carbons (Fsp3) is 0.333. The van der Waals surface area contributed by atoms with Gasteiger partial charge in [0.05, 0.1) is 18.3 Å². The lowest BCUT2D eigenvalue weighted by Crippen LogP contribution is -2.10. The van der Waals surface area contributed by atoms with Crippen LogP contribution in [0.25, 0.3) is 0 Å². The largest absolute Gasteiger partial charge is 0.487 e. The van der Waals surface area contributed by atoms with Crippen molar-refractivity contribution >= 4 is 5.82 Å². The quantitative estimate of drug-likeness (QED) is 0.893. The molecule has 0 aliphatic carbocycles. The molecule has 0 saturated carbocycles. The number of ether oxygens (including phenoxy) is 1. The minimum absolute atomic E-state index is 0.126. The molecule has 0 spiro atoms. The molecule has 0 saturated heterocycles. The van der Waals surface area contributed by atoms with Gasteiger partial charge in [0.1, 0.15) is 0 Å². The third-order valence-corrected chi connectivity index (χ3v) is 2.67. The fourth-order valence-electron chi connectivity index (χ4n) is 1.74. The van der Waals surface area contributed by atoms with Crippen molar-refractivity contribution in [2.45, 2.75) is 33.4 Å². The van der Waals surface area contributed by atoms with Crippen LogP contribution in [0.5, 0.6) is 5.75 Å². The van der Waals surface area contributed by atoms with Crippen LogP contribution in [0.3, 0.4) is 0 Å². The van der Waals surface area contributed by atoms with Crippen molar-refractivity contribution in [2.75, 3.05) is 5.32 Å². The van der Waals surface area contributed by atoms with Crippen molar-refractivity contribution in [1.29, 1.82) is 0 Å². The summed E-state index contributed by atoms with van der Waals surface area (Å²) in [6, 6.07) is 7.77. The second-order valence-corrected chi connectivity index (χ2v) is 4.64. The first-order valence-electron chi connectivity index (χ1n) is 6.43. The van der Waals surface area contributed by atoms with Crippen LogP contribution in [0.2, 0.25) is 0 Å². The van der Waals surface area contributed by atoms with Crippen molar-refractivity contribution in [3.63, 3.8) is 0 Å². The van der Waals surface area contributed by atoms with E-state index >= 15 is 0 Å². The lowest BCUT2D eigenvalue weighted by atomic mass is 10.2. The Morgan fingerprint density at radius 2 is 1.89 bits per heavy atom. The van der Waals surface area contributed by atoms with Gasteiger partial charge in [0, 0.05) is 12.4 Å². The summed E-state index contributed by atoms with van der Waals surface area (Å²) in [5.41, 5.74) is 2.18. The van der Waals surface area contributed by atoms with E-state index in [0.717, 1.165) is 22.8 Å². The number of anilines is 1. The van der Waals surface area contributed by atoms with Crippen LogP contribution in [0, 0.1) is 6.92 Å². The molecule has 0 aliphatic heterocycles. The number of nitrogens with one attached hydrogen (secondary N) is 1. The predicted molar refractivity (Wildman–Crippen MR) is 76.3 cm³/mol. The summed E-state index contributed by atoms with van der Waals surface area (Å²) in [6.07, 6.45) is 3.68. The number of aryl methyl sites for hydroxylation is 1. The number of hydrogen-bond acceptors (Lipinski definition) is 4. The first-order chi connectivity index (χ1) is 9.16. The smallest absolute Gasteiger partial charge is 0.169 e. The zero-order chi connectivity index (χ0) is 13.7. The molecule has 4 heteroatoms.